The van der Waals surface area contributed by atoms with Gasteiger partial charge >= 0.3 is 0 Å². The van der Waals surface area contributed by atoms with Gasteiger partial charge in [-0.1, -0.05) is 13.8 Å². The van der Waals surface area contributed by atoms with Crippen LogP contribution >= 0.6 is 0 Å². The predicted octanol–water partition coefficient (Wildman–Crippen LogP) is 1.61. The number of carbonyl (C=O) groups is 2. The topological polar surface area (TPSA) is 66.6 Å². The Labute approximate surface area is 134 Å². The maximum Gasteiger partial charge on any atom is 0.239 e. The van der Waals surface area contributed by atoms with Crippen LogP contribution in [0.4, 0.5) is 0 Å². The van der Waals surface area contributed by atoms with Crippen LogP contribution in [0.15, 0.2) is 0 Å². The second-order valence-corrected chi connectivity index (χ2v) is 7.61. The fourth-order valence-electron chi connectivity index (χ4n) is 3.93. The lowest BCUT2D eigenvalue weighted by Crippen LogP contribution is -2.54. The molecule has 1 atom stereocenters. The summed E-state index contributed by atoms with van der Waals surface area (Å²) in [6, 6.07) is -0.367. The van der Waals surface area contributed by atoms with Gasteiger partial charge in [-0.2, -0.15) is 0 Å². The average Bonchev–Trinajstić information content (AvgIpc) is 2.46. The number of piperidine rings is 2. The van der Waals surface area contributed by atoms with E-state index in [9.17, 15) is 9.59 Å². The summed E-state index contributed by atoms with van der Waals surface area (Å²) in [5.41, 5.74) is 6.26. The molecule has 2 heterocycles. The number of hydrogen-bond acceptors (Lipinski definition) is 3. The van der Waals surface area contributed by atoms with Crippen molar-refractivity contribution >= 4 is 11.8 Å². The zero-order valence-corrected chi connectivity index (χ0v) is 14.3. The van der Waals surface area contributed by atoms with E-state index in [2.05, 4.69) is 13.8 Å². The summed E-state index contributed by atoms with van der Waals surface area (Å²) in [5.74, 6) is 0.719. The summed E-state index contributed by atoms with van der Waals surface area (Å²) < 4.78 is 0. The van der Waals surface area contributed by atoms with Gasteiger partial charge in [0, 0.05) is 33.1 Å². The molecular weight excluding hydrogens is 278 g/mol. The Balaban J connectivity index is 1.89. The Morgan fingerprint density at radius 2 is 1.73 bits per heavy atom. The molecule has 2 rings (SSSR count). The van der Waals surface area contributed by atoms with Crippen molar-refractivity contribution in [3.8, 4) is 0 Å². The van der Waals surface area contributed by atoms with Crippen LogP contribution < -0.4 is 5.73 Å². The third-order valence-electron chi connectivity index (χ3n) is 5.29. The molecule has 22 heavy (non-hydrogen) atoms. The van der Waals surface area contributed by atoms with Crippen LogP contribution in [0.1, 0.15) is 52.9 Å². The lowest BCUT2D eigenvalue weighted by molar-refractivity contribution is -0.139. The summed E-state index contributed by atoms with van der Waals surface area (Å²) in [5, 5.41) is 0. The van der Waals surface area contributed by atoms with Crippen molar-refractivity contribution in [1.82, 2.24) is 9.80 Å². The van der Waals surface area contributed by atoms with Crippen LogP contribution in [0, 0.1) is 11.3 Å². The predicted molar refractivity (Wildman–Crippen MR) is 87.2 cm³/mol. The molecule has 0 aromatic carbocycles. The smallest absolute Gasteiger partial charge is 0.239 e. The minimum absolute atomic E-state index is 0.0998. The Hall–Kier alpha value is -1.10. The van der Waals surface area contributed by atoms with Crippen LogP contribution in [0.3, 0.4) is 0 Å². The monoisotopic (exact) mass is 309 g/mol. The summed E-state index contributed by atoms with van der Waals surface area (Å²) in [4.78, 5) is 28.0. The van der Waals surface area contributed by atoms with Crippen LogP contribution in [0.2, 0.25) is 0 Å². The molecule has 0 aliphatic carbocycles. The van der Waals surface area contributed by atoms with Gasteiger partial charge < -0.3 is 15.5 Å². The number of amides is 2. The van der Waals surface area contributed by atoms with E-state index in [1.54, 1.807) is 6.92 Å². The first-order chi connectivity index (χ1) is 10.3. The molecule has 2 aliphatic rings. The van der Waals surface area contributed by atoms with E-state index in [0.29, 0.717) is 5.92 Å². The highest BCUT2D eigenvalue weighted by molar-refractivity contribution is 5.81. The lowest BCUT2D eigenvalue weighted by atomic mass is 9.72. The van der Waals surface area contributed by atoms with E-state index in [4.69, 9.17) is 5.73 Å². The van der Waals surface area contributed by atoms with Crippen LogP contribution in [-0.2, 0) is 9.59 Å². The molecule has 5 heteroatoms. The SMILES string of the molecule is CC(=O)N1CCCC2(CCN(C(=O)[C@@H](N)CC(C)C)CC2)C1. The first-order valence-corrected chi connectivity index (χ1v) is 8.63. The fraction of sp³-hybridized carbons (Fsp3) is 0.882. The maximum atomic E-state index is 12.4. The largest absolute Gasteiger partial charge is 0.342 e. The third kappa shape index (κ3) is 4.00. The molecule has 2 aliphatic heterocycles. The van der Waals surface area contributed by atoms with E-state index in [0.717, 1.165) is 51.9 Å². The first kappa shape index (κ1) is 17.3. The summed E-state index contributed by atoms with van der Waals surface area (Å²) >= 11 is 0. The molecule has 0 unspecified atom stereocenters. The molecule has 2 fully saturated rings. The van der Waals surface area contributed by atoms with E-state index < -0.39 is 0 Å². The number of carbonyl (C=O) groups excluding carboxylic acids is 2. The number of nitrogens with two attached hydrogens (primary N) is 1. The number of hydrogen-bond donors (Lipinski definition) is 1. The molecule has 0 saturated carbocycles. The standard InChI is InChI=1S/C17H31N3O2/c1-13(2)11-15(18)16(22)19-9-6-17(7-10-19)5-4-8-20(12-17)14(3)21/h13,15H,4-12,18H2,1-3H3/t15-/m0/s1. The molecule has 2 amide bonds. The molecule has 1 spiro atoms. The van der Waals surface area contributed by atoms with Crippen LogP contribution in [0.5, 0.6) is 0 Å². The maximum absolute atomic E-state index is 12.4. The zero-order chi connectivity index (χ0) is 16.3. The molecule has 2 N–H and O–H groups in total. The van der Waals surface area contributed by atoms with Gasteiger partial charge in [-0.3, -0.25) is 9.59 Å². The zero-order valence-electron chi connectivity index (χ0n) is 14.3. The van der Waals surface area contributed by atoms with Gasteiger partial charge in [0.05, 0.1) is 6.04 Å². The van der Waals surface area contributed by atoms with Gasteiger partial charge in [-0.25, -0.2) is 0 Å². The van der Waals surface area contributed by atoms with Crippen LogP contribution in [-0.4, -0.2) is 53.8 Å². The van der Waals surface area contributed by atoms with E-state index in [1.165, 1.54) is 6.42 Å². The van der Waals surface area contributed by atoms with Gasteiger partial charge in [0.15, 0.2) is 0 Å². The average molecular weight is 309 g/mol. The first-order valence-electron chi connectivity index (χ1n) is 8.63. The van der Waals surface area contributed by atoms with E-state index in [-0.39, 0.29) is 23.3 Å². The number of nitrogens with zero attached hydrogens (tertiary/aromatic N) is 2. The molecule has 2 saturated heterocycles. The van der Waals surface area contributed by atoms with Gasteiger partial charge in [0.2, 0.25) is 11.8 Å². The highest BCUT2D eigenvalue weighted by Gasteiger charge is 2.40. The molecule has 0 aromatic heterocycles. The molecule has 0 radical (unpaired) electrons. The van der Waals surface area contributed by atoms with Crippen LogP contribution in [0.25, 0.3) is 0 Å². The van der Waals surface area contributed by atoms with E-state index in [1.807, 2.05) is 9.80 Å². The molecule has 0 bridgehead atoms. The highest BCUT2D eigenvalue weighted by atomic mass is 16.2. The van der Waals surface area contributed by atoms with Crippen molar-refractivity contribution in [2.45, 2.75) is 58.9 Å². The minimum atomic E-state index is -0.367. The van der Waals surface area contributed by atoms with Gasteiger partial charge in [0.25, 0.3) is 0 Å². The third-order valence-corrected chi connectivity index (χ3v) is 5.29. The van der Waals surface area contributed by atoms with Crippen molar-refractivity contribution in [2.24, 2.45) is 17.1 Å². The quantitative estimate of drug-likeness (QED) is 0.861. The Kier molecular flexibility index (Phi) is 5.48. The molecule has 5 nitrogen and oxygen atoms in total. The van der Waals surface area contributed by atoms with Gasteiger partial charge in [-0.15, -0.1) is 0 Å². The highest BCUT2D eigenvalue weighted by Crippen LogP contribution is 2.39. The van der Waals surface area contributed by atoms with Crippen molar-refractivity contribution in [1.29, 1.82) is 0 Å². The fourth-order valence-corrected chi connectivity index (χ4v) is 3.93. The van der Waals surface area contributed by atoms with Gasteiger partial charge in [0.1, 0.15) is 0 Å². The number of rotatable bonds is 3. The lowest BCUT2D eigenvalue weighted by Gasteiger charge is -2.47. The van der Waals surface area contributed by atoms with Crippen molar-refractivity contribution in [2.75, 3.05) is 26.2 Å². The normalized spacial score (nSPS) is 23.0. The molecular formula is C17H31N3O2. The Bertz CT molecular complexity index is 414. The van der Waals surface area contributed by atoms with Crippen molar-refractivity contribution < 1.29 is 9.59 Å². The van der Waals surface area contributed by atoms with Crippen molar-refractivity contribution in [3.63, 3.8) is 0 Å². The Morgan fingerprint density at radius 3 is 2.27 bits per heavy atom. The molecule has 0 aromatic rings. The minimum Gasteiger partial charge on any atom is -0.342 e. The van der Waals surface area contributed by atoms with Gasteiger partial charge in [-0.05, 0) is 43.4 Å². The second kappa shape index (κ2) is 6.99. The van der Waals surface area contributed by atoms with Crippen molar-refractivity contribution in [3.05, 3.63) is 0 Å². The summed E-state index contributed by atoms with van der Waals surface area (Å²) in [6.07, 6.45) is 5.00. The van der Waals surface area contributed by atoms with E-state index >= 15 is 0 Å². The molecule has 126 valence electrons. The number of likely N-dealkylation sites (tertiary alicyclic amines) is 2. The Morgan fingerprint density at radius 1 is 1.09 bits per heavy atom. The summed E-state index contributed by atoms with van der Waals surface area (Å²) in [6.45, 7) is 9.17. The second-order valence-electron chi connectivity index (χ2n) is 7.61. The summed E-state index contributed by atoms with van der Waals surface area (Å²) in [7, 11) is 0.